The van der Waals surface area contributed by atoms with Crippen molar-refractivity contribution in [2.45, 2.75) is 18.9 Å². The van der Waals surface area contributed by atoms with Gasteiger partial charge in [-0.15, -0.1) is 0 Å². The van der Waals surface area contributed by atoms with Crippen LogP contribution >= 0.6 is 11.6 Å². The average molecular weight is 415 g/mol. The first kappa shape index (κ1) is 19.5. The van der Waals surface area contributed by atoms with Gasteiger partial charge in [0, 0.05) is 24.8 Å². The molecule has 29 heavy (non-hydrogen) atoms. The second-order valence-electron chi connectivity index (χ2n) is 7.22. The van der Waals surface area contributed by atoms with Gasteiger partial charge in [0.15, 0.2) is 0 Å². The standard InChI is InChI=1S/C21H23ClN4O3/c1-29-19-7-6-14(12-16(19)22)23-20(27)13-25-10-8-15(9-11-25)26-18-5-3-2-4-17(18)24-21(26)28/h2-7,12,15H,8-11,13H2,1H3,(H,23,27)(H,24,28). The summed E-state index contributed by atoms with van der Waals surface area (Å²) in [7, 11) is 1.55. The average Bonchev–Trinajstić information content (AvgIpc) is 3.04. The lowest BCUT2D eigenvalue weighted by Gasteiger charge is -2.32. The number of benzene rings is 2. The van der Waals surface area contributed by atoms with Gasteiger partial charge >= 0.3 is 5.69 Å². The number of H-pyrrole nitrogens is 1. The van der Waals surface area contributed by atoms with E-state index in [0.29, 0.717) is 23.0 Å². The molecule has 0 bridgehead atoms. The van der Waals surface area contributed by atoms with E-state index in [1.807, 2.05) is 28.8 Å². The third kappa shape index (κ3) is 4.16. The molecule has 0 unspecified atom stereocenters. The van der Waals surface area contributed by atoms with E-state index in [1.165, 1.54) is 0 Å². The number of ether oxygens (including phenoxy) is 1. The number of rotatable bonds is 5. The first-order chi connectivity index (χ1) is 14.0. The van der Waals surface area contributed by atoms with Gasteiger partial charge in [-0.2, -0.15) is 0 Å². The maximum Gasteiger partial charge on any atom is 0.326 e. The molecule has 0 spiro atoms. The summed E-state index contributed by atoms with van der Waals surface area (Å²) in [5.74, 6) is 0.480. The van der Waals surface area contributed by atoms with Gasteiger partial charge in [0.05, 0.1) is 29.7 Å². The molecular formula is C21H23ClN4O3. The fourth-order valence-corrected chi connectivity index (χ4v) is 4.18. The number of hydrogen-bond donors (Lipinski definition) is 2. The van der Waals surface area contributed by atoms with Gasteiger partial charge in [-0.25, -0.2) is 4.79 Å². The molecule has 1 aromatic heterocycles. The number of nitrogens with one attached hydrogen (secondary N) is 2. The molecule has 0 saturated carbocycles. The monoisotopic (exact) mass is 414 g/mol. The van der Waals surface area contributed by atoms with Gasteiger partial charge in [0.2, 0.25) is 5.91 Å². The molecule has 1 fully saturated rings. The second kappa shape index (κ2) is 8.31. The molecular weight excluding hydrogens is 392 g/mol. The van der Waals surface area contributed by atoms with E-state index in [-0.39, 0.29) is 17.6 Å². The maximum atomic E-state index is 12.4. The number of aromatic nitrogens is 2. The van der Waals surface area contributed by atoms with E-state index in [4.69, 9.17) is 16.3 Å². The number of anilines is 1. The molecule has 7 nitrogen and oxygen atoms in total. The Morgan fingerprint density at radius 1 is 1.24 bits per heavy atom. The number of nitrogens with zero attached hydrogens (tertiary/aromatic N) is 2. The molecule has 1 aliphatic heterocycles. The predicted octanol–water partition coefficient (Wildman–Crippen LogP) is 3.27. The van der Waals surface area contributed by atoms with E-state index >= 15 is 0 Å². The van der Waals surface area contributed by atoms with Crippen LogP contribution in [0.1, 0.15) is 18.9 Å². The number of carbonyl (C=O) groups is 1. The Hall–Kier alpha value is -2.77. The third-order valence-electron chi connectivity index (χ3n) is 5.35. The van der Waals surface area contributed by atoms with Gasteiger partial charge in [0.25, 0.3) is 0 Å². The summed E-state index contributed by atoms with van der Waals surface area (Å²) in [6, 6.07) is 13.0. The van der Waals surface area contributed by atoms with Crippen LogP contribution in [0.5, 0.6) is 5.75 Å². The van der Waals surface area contributed by atoms with Crippen LogP contribution in [-0.2, 0) is 4.79 Å². The number of likely N-dealkylation sites (tertiary alicyclic amines) is 1. The zero-order valence-corrected chi connectivity index (χ0v) is 16.9. The number of para-hydroxylation sites is 2. The Kier molecular flexibility index (Phi) is 5.60. The number of piperidine rings is 1. The highest BCUT2D eigenvalue weighted by molar-refractivity contribution is 6.32. The predicted molar refractivity (Wildman–Crippen MR) is 114 cm³/mol. The number of aromatic amines is 1. The van der Waals surface area contributed by atoms with Crippen LogP contribution in [0.25, 0.3) is 11.0 Å². The molecule has 0 radical (unpaired) electrons. The van der Waals surface area contributed by atoms with E-state index in [9.17, 15) is 9.59 Å². The summed E-state index contributed by atoms with van der Waals surface area (Å²) < 4.78 is 6.98. The third-order valence-corrected chi connectivity index (χ3v) is 5.64. The van der Waals surface area contributed by atoms with Gasteiger partial charge in [0.1, 0.15) is 5.75 Å². The Labute approximate surface area is 173 Å². The number of methoxy groups -OCH3 is 1. The van der Waals surface area contributed by atoms with Crippen molar-refractivity contribution in [1.82, 2.24) is 14.5 Å². The molecule has 3 aromatic rings. The Bertz CT molecular complexity index is 1080. The van der Waals surface area contributed by atoms with E-state index < -0.39 is 0 Å². The fraction of sp³-hybridized carbons (Fsp3) is 0.333. The molecule has 1 amide bonds. The van der Waals surface area contributed by atoms with Crippen LogP contribution in [0.15, 0.2) is 47.3 Å². The number of halogens is 1. The lowest BCUT2D eigenvalue weighted by Crippen LogP contribution is -2.40. The van der Waals surface area contributed by atoms with Gasteiger partial charge in [-0.3, -0.25) is 14.3 Å². The molecule has 4 rings (SSSR count). The normalized spacial score (nSPS) is 15.5. The zero-order chi connectivity index (χ0) is 20.4. The summed E-state index contributed by atoms with van der Waals surface area (Å²) in [4.78, 5) is 29.8. The lowest BCUT2D eigenvalue weighted by atomic mass is 10.0. The largest absolute Gasteiger partial charge is 0.495 e. The first-order valence-corrected chi connectivity index (χ1v) is 9.98. The molecule has 2 aromatic carbocycles. The summed E-state index contributed by atoms with van der Waals surface area (Å²) in [6.45, 7) is 1.82. The highest BCUT2D eigenvalue weighted by Gasteiger charge is 2.24. The van der Waals surface area contributed by atoms with Crippen LogP contribution in [0.3, 0.4) is 0 Å². The topological polar surface area (TPSA) is 79.4 Å². The minimum atomic E-state index is -0.0889. The molecule has 152 valence electrons. The number of fused-ring (bicyclic) bond motifs is 1. The van der Waals surface area contributed by atoms with E-state index in [0.717, 1.165) is 37.0 Å². The highest BCUT2D eigenvalue weighted by Crippen LogP contribution is 2.27. The second-order valence-corrected chi connectivity index (χ2v) is 7.63. The number of hydrogen-bond acceptors (Lipinski definition) is 4. The van der Waals surface area contributed by atoms with Crippen LogP contribution in [-0.4, -0.2) is 47.1 Å². The Morgan fingerprint density at radius 2 is 2.00 bits per heavy atom. The van der Waals surface area contributed by atoms with Gasteiger partial charge in [-0.1, -0.05) is 23.7 Å². The number of imidazole rings is 1. The van der Waals surface area contributed by atoms with Crippen molar-refractivity contribution >= 4 is 34.2 Å². The Balaban J connectivity index is 1.35. The highest BCUT2D eigenvalue weighted by atomic mass is 35.5. The first-order valence-electron chi connectivity index (χ1n) is 9.60. The van der Waals surface area contributed by atoms with Crippen molar-refractivity contribution in [3.63, 3.8) is 0 Å². The molecule has 1 aliphatic rings. The molecule has 0 atom stereocenters. The maximum absolute atomic E-state index is 12.4. The van der Waals surface area contributed by atoms with Crippen LogP contribution in [0, 0.1) is 0 Å². The van der Waals surface area contributed by atoms with Crippen molar-refractivity contribution in [1.29, 1.82) is 0 Å². The van der Waals surface area contributed by atoms with Crippen LogP contribution < -0.4 is 15.7 Å². The minimum Gasteiger partial charge on any atom is -0.495 e. The molecule has 1 saturated heterocycles. The minimum absolute atomic E-state index is 0.0706. The van der Waals surface area contributed by atoms with Gasteiger partial charge < -0.3 is 15.0 Å². The smallest absolute Gasteiger partial charge is 0.326 e. The molecule has 2 heterocycles. The van der Waals surface area contributed by atoms with Crippen molar-refractivity contribution in [2.24, 2.45) is 0 Å². The summed E-state index contributed by atoms with van der Waals surface area (Å²) in [5, 5.41) is 3.33. The number of amides is 1. The van der Waals surface area contributed by atoms with Crippen LogP contribution in [0.2, 0.25) is 5.02 Å². The summed E-state index contributed by atoms with van der Waals surface area (Å²) in [6.07, 6.45) is 1.65. The lowest BCUT2D eigenvalue weighted by molar-refractivity contribution is -0.117. The zero-order valence-electron chi connectivity index (χ0n) is 16.2. The summed E-state index contributed by atoms with van der Waals surface area (Å²) in [5.41, 5.74) is 2.36. The molecule has 2 N–H and O–H groups in total. The molecule has 8 heteroatoms. The van der Waals surface area contributed by atoms with Crippen molar-refractivity contribution in [3.05, 3.63) is 58.0 Å². The fourth-order valence-electron chi connectivity index (χ4n) is 3.92. The Morgan fingerprint density at radius 3 is 2.72 bits per heavy atom. The van der Waals surface area contributed by atoms with Crippen molar-refractivity contribution in [3.8, 4) is 5.75 Å². The van der Waals surface area contributed by atoms with Gasteiger partial charge in [-0.05, 0) is 43.2 Å². The molecule has 0 aliphatic carbocycles. The SMILES string of the molecule is COc1ccc(NC(=O)CN2CCC(n3c(=O)[nH]c4ccccc43)CC2)cc1Cl. The summed E-state index contributed by atoms with van der Waals surface area (Å²) >= 11 is 6.11. The quantitative estimate of drug-likeness (QED) is 0.671. The van der Waals surface area contributed by atoms with Crippen molar-refractivity contribution < 1.29 is 9.53 Å². The number of carbonyl (C=O) groups excluding carboxylic acids is 1. The van der Waals surface area contributed by atoms with E-state index in [2.05, 4.69) is 15.2 Å². The van der Waals surface area contributed by atoms with Crippen LogP contribution in [0.4, 0.5) is 5.69 Å². The van der Waals surface area contributed by atoms with Crippen molar-refractivity contribution in [2.75, 3.05) is 32.1 Å². The van der Waals surface area contributed by atoms with E-state index in [1.54, 1.807) is 25.3 Å².